The second-order valence-electron chi connectivity index (χ2n) is 3.14. The number of rotatable bonds is 1. The quantitative estimate of drug-likeness (QED) is 0.467. The Labute approximate surface area is 52.9 Å². The first-order chi connectivity index (χ1) is 3.48. The number of hydrogen-bond acceptors (Lipinski definition) is 1. The van der Waals surface area contributed by atoms with Gasteiger partial charge in [-0.05, 0) is 12.3 Å². The molecule has 0 saturated carbocycles. The van der Waals surface area contributed by atoms with Crippen molar-refractivity contribution in [3.63, 3.8) is 0 Å². The van der Waals surface area contributed by atoms with Crippen molar-refractivity contribution < 1.29 is 4.65 Å². The van der Waals surface area contributed by atoms with Gasteiger partial charge in [-0.2, -0.15) is 0 Å². The van der Waals surface area contributed by atoms with E-state index in [2.05, 4.69) is 25.4 Å². The maximum Gasteiger partial charge on any atom is 0.283 e. The smallest absolute Gasteiger partial charge is 0.283 e. The van der Waals surface area contributed by atoms with Crippen LogP contribution in [0.1, 0.15) is 27.7 Å². The van der Waals surface area contributed by atoms with Crippen LogP contribution in [0.3, 0.4) is 0 Å². The summed E-state index contributed by atoms with van der Waals surface area (Å²) in [6, 6.07) is 0. The minimum absolute atomic E-state index is 0.127. The highest BCUT2D eigenvalue weighted by molar-refractivity contribution is 5.98. The molecule has 0 aliphatic rings. The molecule has 0 aliphatic carbocycles. The molecule has 0 heterocycles. The van der Waals surface area contributed by atoms with Gasteiger partial charge in [0, 0.05) is 6.10 Å². The zero-order valence-corrected chi connectivity index (χ0v) is 6.06. The van der Waals surface area contributed by atoms with Crippen molar-refractivity contribution >= 4 is 8.05 Å². The molecule has 0 amide bonds. The molecule has 1 atom stereocenters. The van der Waals surface area contributed by atoms with E-state index in [0.29, 0.717) is 0 Å². The Kier molecular flexibility index (Phi) is 2.55. The van der Waals surface area contributed by atoms with E-state index in [1.54, 1.807) is 0 Å². The van der Waals surface area contributed by atoms with Crippen LogP contribution in [0, 0.1) is 5.41 Å². The van der Waals surface area contributed by atoms with Gasteiger partial charge in [0.2, 0.25) is 0 Å². The summed E-state index contributed by atoms with van der Waals surface area (Å²) in [5.41, 5.74) is 0.161. The third-order valence-electron chi connectivity index (χ3n) is 1.42. The lowest BCUT2D eigenvalue weighted by molar-refractivity contribution is 0.114. The average molecular weight is 112 g/mol. The van der Waals surface area contributed by atoms with Gasteiger partial charge in [-0.3, -0.25) is 0 Å². The highest BCUT2D eigenvalue weighted by Gasteiger charge is 2.17. The molecule has 2 radical (unpaired) electrons. The Balaban J connectivity index is 3.62. The van der Waals surface area contributed by atoms with E-state index in [4.69, 9.17) is 8.05 Å². The van der Waals surface area contributed by atoms with Crippen LogP contribution in [0.4, 0.5) is 0 Å². The van der Waals surface area contributed by atoms with E-state index >= 15 is 0 Å². The molecule has 2 heteroatoms. The molecule has 0 N–H and O–H groups in total. The molecule has 0 aromatic heterocycles. The molecule has 0 spiro atoms. The van der Waals surface area contributed by atoms with Gasteiger partial charge in [-0.15, -0.1) is 0 Å². The van der Waals surface area contributed by atoms with Gasteiger partial charge < -0.3 is 4.65 Å². The lowest BCUT2D eigenvalue weighted by atomic mass is 9.90. The van der Waals surface area contributed by atoms with E-state index in [0.717, 1.165) is 0 Å². The lowest BCUT2D eigenvalue weighted by Crippen LogP contribution is -2.24. The Morgan fingerprint density at radius 1 is 1.38 bits per heavy atom. The third kappa shape index (κ3) is 2.36. The molecule has 1 unspecified atom stereocenters. The fraction of sp³-hybridized carbons (Fsp3) is 1.00. The van der Waals surface area contributed by atoms with E-state index in [1.165, 1.54) is 0 Å². The minimum Gasteiger partial charge on any atom is -0.445 e. The first kappa shape index (κ1) is 8.02. The van der Waals surface area contributed by atoms with Gasteiger partial charge in [-0.1, -0.05) is 20.8 Å². The predicted octanol–water partition coefficient (Wildman–Crippen LogP) is 1.52. The van der Waals surface area contributed by atoms with Crippen molar-refractivity contribution in [2.75, 3.05) is 0 Å². The third-order valence-corrected chi connectivity index (χ3v) is 1.42. The summed E-state index contributed by atoms with van der Waals surface area (Å²) in [5, 5.41) is 0. The van der Waals surface area contributed by atoms with Crippen molar-refractivity contribution in [1.29, 1.82) is 0 Å². The first-order valence-electron chi connectivity index (χ1n) is 2.84. The summed E-state index contributed by atoms with van der Waals surface area (Å²) in [6.45, 7) is 8.22. The minimum atomic E-state index is 0.127. The van der Waals surface area contributed by atoms with Gasteiger partial charge in [0.15, 0.2) is 0 Å². The van der Waals surface area contributed by atoms with Crippen molar-refractivity contribution in [2.24, 2.45) is 5.41 Å². The summed E-state index contributed by atoms with van der Waals surface area (Å²) in [4.78, 5) is 0. The van der Waals surface area contributed by atoms with Gasteiger partial charge in [0.25, 0.3) is 8.05 Å². The highest BCUT2D eigenvalue weighted by atomic mass is 16.4. The highest BCUT2D eigenvalue weighted by Crippen LogP contribution is 2.20. The zero-order valence-electron chi connectivity index (χ0n) is 6.06. The van der Waals surface area contributed by atoms with Crippen molar-refractivity contribution in [3.8, 4) is 0 Å². The Hall–Kier alpha value is 0.0249. The molecule has 0 rings (SSSR count). The summed E-state index contributed by atoms with van der Waals surface area (Å²) >= 11 is 0. The summed E-state index contributed by atoms with van der Waals surface area (Å²) in [6.07, 6.45) is 0.127. The number of hydrogen-bond donors (Lipinski definition) is 0. The monoisotopic (exact) mass is 112 g/mol. The summed E-state index contributed by atoms with van der Waals surface area (Å²) < 4.78 is 4.61. The fourth-order valence-corrected chi connectivity index (χ4v) is 0.204. The van der Waals surface area contributed by atoms with Crippen LogP contribution in [0.25, 0.3) is 0 Å². The molecule has 1 nitrogen and oxygen atoms in total. The topological polar surface area (TPSA) is 9.23 Å². The second kappa shape index (κ2) is 2.54. The van der Waals surface area contributed by atoms with Crippen molar-refractivity contribution in [1.82, 2.24) is 0 Å². The lowest BCUT2D eigenvalue weighted by Gasteiger charge is -2.25. The normalized spacial score (nSPS) is 16.0. The molecule has 0 saturated heterocycles. The molecule has 0 aliphatic heterocycles. The Bertz CT molecular complexity index is 65.4. The van der Waals surface area contributed by atoms with Crippen LogP contribution in [0.15, 0.2) is 0 Å². The molecule has 46 valence electrons. The SMILES string of the molecule is [B]OC(C)C(C)(C)C. The predicted molar refractivity (Wildman–Crippen MR) is 35.8 cm³/mol. The standard InChI is InChI=1S/C6H13BO/c1-5(8-7)6(2,3)4/h5H,1-4H3. The molecule has 0 fully saturated rings. The maximum atomic E-state index is 4.96. The van der Waals surface area contributed by atoms with Gasteiger partial charge in [0.1, 0.15) is 0 Å². The van der Waals surface area contributed by atoms with E-state index in [1.807, 2.05) is 6.92 Å². The summed E-state index contributed by atoms with van der Waals surface area (Å²) in [5.74, 6) is 0. The second-order valence-corrected chi connectivity index (χ2v) is 3.14. The van der Waals surface area contributed by atoms with Gasteiger partial charge in [0.05, 0.1) is 0 Å². The molecular weight excluding hydrogens is 98.9 g/mol. The molecule has 0 aromatic rings. The van der Waals surface area contributed by atoms with Gasteiger partial charge >= 0.3 is 0 Å². The van der Waals surface area contributed by atoms with E-state index < -0.39 is 0 Å². The van der Waals surface area contributed by atoms with Crippen LogP contribution < -0.4 is 0 Å². The van der Waals surface area contributed by atoms with Crippen LogP contribution in [0.2, 0.25) is 0 Å². The van der Waals surface area contributed by atoms with Gasteiger partial charge in [-0.25, -0.2) is 0 Å². The molecular formula is C6H13BO. The van der Waals surface area contributed by atoms with Crippen LogP contribution in [0.5, 0.6) is 0 Å². The maximum absolute atomic E-state index is 4.96. The first-order valence-corrected chi connectivity index (χ1v) is 2.84. The largest absolute Gasteiger partial charge is 0.445 e. The van der Waals surface area contributed by atoms with E-state index in [-0.39, 0.29) is 11.5 Å². The molecule has 8 heavy (non-hydrogen) atoms. The van der Waals surface area contributed by atoms with Crippen LogP contribution >= 0.6 is 0 Å². The Morgan fingerprint density at radius 2 is 1.75 bits per heavy atom. The summed E-state index contributed by atoms with van der Waals surface area (Å²) in [7, 11) is 4.96. The zero-order chi connectivity index (χ0) is 6.78. The van der Waals surface area contributed by atoms with Crippen LogP contribution in [-0.2, 0) is 4.65 Å². The average Bonchev–Trinajstić information content (AvgIpc) is 1.62. The molecule has 0 aromatic carbocycles. The van der Waals surface area contributed by atoms with Crippen molar-refractivity contribution in [3.05, 3.63) is 0 Å². The molecule has 0 bridgehead atoms. The van der Waals surface area contributed by atoms with Crippen LogP contribution in [-0.4, -0.2) is 14.2 Å². The Morgan fingerprint density at radius 3 is 1.75 bits per heavy atom. The van der Waals surface area contributed by atoms with E-state index in [9.17, 15) is 0 Å². The van der Waals surface area contributed by atoms with Crippen molar-refractivity contribution in [2.45, 2.75) is 33.8 Å². The fourth-order valence-electron chi connectivity index (χ4n) is 0.204.